The van der Waals surface area contributed by atoms with Crippen molar-refractivity contribution in [1.82, 2.24) is 4.31 Å². The maximum Gasteiger partial charge on any atom is 0.328 e. The first-order valence-corrected chi connectivity index (χ1v) is 9.14. The molecule has 0 aliphatic heterocycles. The lowest BCUT2D eigenvalue weighted by Gasteiger charge is -2.26. The van der Waals surface area contributed by atoms with Crippen LogP contribution in [0.5, 0.6) is 0 Å². The summed E-state index contributed by atoms with van der Waals surface area (Å²) < 4.78 is 44.2. The molecule has 0 bridgehead atoms. The third kappa shape index (κ3) is 4.12. The molecule has 5 nitrogen and oxygen atoms in total. The van der Waals surface area contributed by atoms with Crippen LogP contribution in [-0.2, 0) is 19.6 Å². The van der Waals surface area contributed by atoms with Crippen LogP contribution < -0.4 is 0 Å². The van der Waals surface area contributed by atoms with Gasteiger partial charge in [-0.05, 0) is 42.0 Å². The van der Waals surface area contributed by atoms with E-state index >= 15 is 0 Å². The summed E-state index contributed by atoms with van der Waals surface area (Å²) >= 11 is 11.8. The van der Waals surface area contributed by atoms with Crippen molar-refractivity contribution in [3.63, 3.8) is 0 Å². The highest BCUT2D eigenvalue weighted by molar-refractivity contribution is 7.89. The van der Waals surface area contributed by atoms with Gasteiger partial charge in [-0.15, -0.1) is 0 Å². The van der Waals surface area contributed by atoms with E-state index in [1.54, 1.807) is 0 Å². The van der Waals surface area contributed by atoms with E-state index in [-0.39, 0.29) is 20.5 Å². The zero-order valence-electron chi connectivity index (χ0n) is 13.2. The monoisotopic (exact) mass is 405 g/mol. The Morgan fingerprint density at radius 2 is 1.72 bits per heavy atom. The fourth-order valence-electron chi connectivity index (χ4n) is 2.20. The van der Waals surface area contributed by atoms with Crippen LogP contribution in [0.1, 0.15) is 11.6 Å². The predicted octanol–water partition coefficient (Wildman–Crippen LogP) is 3.67. The Morgan fingerprint density at radius 3 is 2.24 bits per heavy atom. The molecule has 0 heterocycles. The molecule has 0 saturated carbocycles. The molecule has 0 unspecified atom stereocenters. The number of ether oxygens (including phenoxy) is 1. The third-order valence-electron chi connectivity index (χ3n) is 3.54. The number of halogens is 3. The van der Waals surface area contributed by atoms with Crippen LogP contribution in [0.25, 0.3) is 0 Å². The maximum atomic E-state index is 13.1. The minimum absolute atomic E-state index is 0.162. The lowest BCUT2D eigenvalue weighted by atomic mass is 10.1. The average Bonchev–Trinajstić information content (AvgIpc) is 2.58. The molecule has 25 heavy (non-hydrogen) atoms. The zero-order chi connectivity index (χ0) is 18.8. The van der Waals surface area contributed by atoms with E-state index in [0.29, 0.717) is 0 Å². The molecule has 0 aliphatic rings. The second kappa shape index (κ2) is 7.70. The highest BCUT2D eigenvalue weighted by atomic mass is 35.5. The van der Waals surface area contributed by atoms with E-state index in [1.807, 2.05) is 0 Å². The summed E-state index contributed by atoms with van der Waals surface area (Å²) in [6.45, 7) is 0. The summed E-state index contributed by atoms with van der Waals surface area (Å²) in [4.78, 5) is 12.1. The van der Waals surface area contributed by atoms with Gasteiger partial charge in [0, 0.05) is 7.05 Å². The molecular weight excluding hydrogens is 392 g/mol. The van der Waals surface area contributed by atoms with Crippen molar-refractivity contribution in [2.75, 3.05) is 14.2 Å². The minimum atomic E-state index is -4.09. The lowest BCUT2D eigenvalue weighted by molar-refractivity contribution is -0.145. The molecule has 0 spiro atoms. The number of benzene rings is 2. The van der Waals surface area contributed by atoms with Crippen LogP contribution in [0.15, 0.2) is 47.4 Å². The van der Waals surface area contributed by atoms with Gasteiger partial charge >= 0.3 is 5.97 Å². The molecule has 134 valence electrons. The van der Waals surface area contributed by atoms with Crippen molar-refractivity contribution >= 4 is 39.2 Å². The number of carbonyl (C=O) groups excluding carboxylic acids is 1. The van der Waals surface area contributed by atoms with Gasteiger partial charge in [-0.3, -0.25) is 0 Å². The second-order valence-electron chi connectivity index (χ2n) is 5.07. The van der Waals surface area contributed by atoms with Gasteiger partial charge < -0.3 is 4.74 Å². The third-order valence-corrected chi connectivity index (χ3v) is 6.11. The highest BCUT2D eigenvalue weighted by Gasteiger charge is 2.35. The first-order valence-electron chi connectivity index (χ1n) is 6.95. The zero-order valence-corrected chi connectivity index (χ0v) is 15.6. The SMILES string of the molecule is COC(=O)[C@H](c1ccc(Cl)c(Cl)c1)N(C)S(=O)(=O)c1ccc(F)cc1. The summed E-state index contributed by atoms with van der Waals surface area (Å²) in [7, 11) is -1.72. The Hall–Kier alpha value is -1.67. The predicted molar refractivity (Wildman–Crippen MR) is 92.6 cm³/mol. The molecule has 0 aromatic heterocycles. The van der Waals surface area contributed by atoms with Crippen molar-refractivity contribution in [2.24, 2.45) is 0 Å². The largest absolute Gasteiger partial charge is 0.468 e. The molecule has 9 heteroatoms. The fraction of sp³-hybridized carbons (Fsp3) is 0.188. The molecule has 2 rings (SSSR count). The van der Waals surface area contributed by atoms with E-state index in [2.05, 4.69) is 0 Å². The maximum absolute atomic E-state index is 13.1. The normalized spacial score (nSPS) is 12.9. The molecular formula is C16H14Cl2FNO4S. The van der Waals surface area contributed by atoms with Gasteiger partial charge in [-0.1, -0.05) is 29.3 Å². The van der Waals surface area contributed by atoms with Gasteiger partial charge in [0.05, 0.1) is 22.1 Å². The Balaban J connectivity index is 2.51. The van der Waals surface area contributed by atoms with Crippen molar-refractivity contribution < 1.29 is 22.3 Å². The van der Waals surface area contributed by atoms with Crippen molar-refractivity contribution in [1.29, 1.82) is 0 Å². The minimum Gasteiger partial charge on any atom is -0.468 e. The number of esters is 1. The molecule has 0 amide bonds. The van der Waals surface area contributed by atoms with Gasteiger partial charge in [0.25, 0.3) is 0 Å². The average molecular weight is 406 g/mol. The topological polar surface area (TPSA) is 63.7 Å². The second-order valence-corrected chi connectivity index (χ2v) is 7.89. The molecule has 0 saturated heterocycles. The highest BCUT2D eigenvalue weighted by Crippen LogP contribution is 2.31. The number of nitrogens with zero attached hydrogens (tertiary/aromatic N) is 1. The van der Waals surface area contributed by atoms with E-state index in [9.17, 15) is 17.6 Å². The number of likely N-dealkylation sites (N-methyl/N-ethyl adjacent to an activating group) is 1. The quantitative estimate of drug-likeness (QED) is 0.711. The van der Waals surface area contributed by atoms with Gasteiger partial charge in [0.2, 0.25) is 10.0 Å². The number of hydrogen-bond donors (Lipinski definition) is 0. The van der Waals surface area contributed by atoms with E-state index in [4.69, 9.17) is 27.9 Å². The molecule has 0 radical (unpaired) electrons. The fourth-order valence-corrected chi connectivity index (χ4v) is 3.80. The van der Waals surface area contributed by atoms with Crippen molar-refractivity contribution in [3.05, 3.63) is 63.9 Å². The Labute approximate surface area is 155 Å². The van der Waals surface area contributed by atoms with E-state index in [1.165, 1.54) is 25.2 Å². The summed E-state index contributed by atoms with van der Waals surface area (Å²) in [5.74, 6) is -1.37. The van der Waals surface area contributed by atoms with Crippen LogP contribution in [0, 0.1) is 5.82 Å². The Kier molecular flexibility index (Phi) is 6.05. The first kappa shape index (κ1) is 19.7. The summed E-state index contributed by atoms with van der Waals surface area (Å²) in [6.07, 6.45) is 0. The van der Waals surface area contributed by atoms with Gasteiger partial charge in [0.1, 0.15) is 11.9 Å². The number of sulfonamides is 1. The number of hydrogen-bond acceptors (Lipinski definition) is 4. The molecule has 0 fully saturated rings. The molecule has 2 aromatic rings. The molecule has 0 aliphatic carbocycles. The van der Waals surface area contributed by atoms with Crippen LogP contribution in [0.4, 0.5) is 4.39 Å². The van der Waals surface area contributed by atoms with E-state index < -0.39 is 27.9 Å². The lowest BCUT2D eigenvalue weighted by Crippen LogP contribution is -2.36. The summed E-state index contributed by atoms with van der Waals surface area (Å²) in [6, 6.07) is 7.31. The van der Waals surface area contributed by atoms with Crippen molar-refractivity contribution in [3.8, 4) is 0 Å². The van der Waals surface area contributed by atoms with Gasteiger partial charge in [0.15, 0.2) is 0 Å². The summed E-state index contributed by atoms with van der Waals surface area (Å²) in [5, 5.41) is 0.429. The smallest absolute Gasteiger partial charge is 0.328 e. The molecule has 0 N–H and O–H groups in total. The summed E-state index contributed by atoms with van der Waals surface area (Å²) in [5.41, 5.74) is 0.287. The number of rotatable bonds is 5. The van der Waals surface area contributed by atoms with Crippen LogP contribution in [-0.4, -0.2) is 32.8 Å². The first-order chi connectivity index (χ1) is 11.7. The molecule has 1 atom stereocenters. The standard InChI is InChI=1S/C16H14Cl2FNO4S/c1-20(25(22,23)12-6-4-11(19)5-7-12)15(16(21)24-2)10-3-8-13(17)14(18)9-10/h3-9,15H,1-2H3/t15-/m0/s1. The Morgan fingerprint density at radius 1 is 1.12 bits per heavy atom. The number of carbonyl (C=O) groups is 1. The molecule has 2 aromatic carbocycles. The Bertz CT molecular complexity index is 888. The van der Waals surface area contributed by atoms with E-state index in [0.717, 1.165) is 35.7 Å². The van der Waals surface area contributed by atoms with Crippen LogP contribution >= 0.6 is 23.2 Å². The van der Waals surface area contributed by atoms with Gasteiger partial charge in [-0.25, -0.2) is 17.6 Å². The van der Waals surface area contributed by atoms with Gasteiger partial charge in [-0.2, -0.15) is 4.31 Å². The van der Waals surface area contributed by atoms with Crippen LogP contribution in [0.3, 0.4) is 0 Å². The van der Waals surface area contributed by atoms with Crippen molar-refractivity contribution in [2.45, 2.75) is 10.9 Å². The van der Waals surface area contributed by atoms with Crippen LogP contribution in [0.2, 0.25) is 10.0 Å². The number of methoxy groups -OCH3 is 1.